The van der Waals surface area contributed by atoms with Crippen molar-refractivity contribution in [3.05, 3.63) is 59.8 Å². The Bertz CT molecular complexity index is 1120. The summed E-state index contributed by atoms with van der Waals surface area (Å²) in [5, 5.41) is 13.3. The smallest absolute Gasteiger partial charge is 0.214 e. The topological polar surface area (TPSA) is 85.7 Å². The number of rotatable bonds is 6. The third kappa shape index (κ3) is 3.31. The zero-order valence-electron chi connectivity index (χ0n) is 14.8. The number of fused-ring (bicyclic) bond motifs is 1. The molecule has 0 aliphatic carbocycles. The molecular formula is C19H17N5O2S. The van der Waals surface area contributed by atoms with Gasteiger partial charge in [-0.3, -0.25) is 4.79 Å². The second-order valence-corrected chi connectivity index (χ2v) is 6.95. The molecule has 2 heterocycles. The van der Waals surface area contributed by atoms with E-state index >= 15 is 0 Å². The van der Waals surface area contributed by atoms with Gasteiger partial charge in [0.2, 0.25) is 5.16 Å². The van der Waals surface area contributed by atoms with Crippen LogP contribution in [-0.4, -0.2) is 43.8 Å². The van der Waals surface area contributed by atoms with E-state index in [9.17, 15) is 4.79 Å². The maximum Gasteiger partial charge on any atom is 0.214 e. The minimum Gasteiger partial charge on any atom is -0.494 e. The first-order valence-corrected chi connectivity index (χ1v) is 9.31. The first-order valence-electron chi connectivity index (χ1n) is 8.33. The molecule has 7 nitrogen and oxygen atoms in total. The zero-order chi connectivity index (χ0) is 18.8. The Morgan fingerprint density at radius 3 is 2.96 bits per heavy atom. The molecule has 0 bridgehead atoms. The number of H-pyrrole nitrogens is 1. The lowest BCUT2D eigenvalue weighted by molar-refractivity contribution is 0.102. The molecule has 0 spiro atoms. The van der Waals surface area contributed by atoms with Gasteiger partial charge in [-0.05, 0) is 41.1 Å². The molecular weight excluding hydrogens is 362 g/mol. The number of nitrogens with one attached hydrogen (secondary N) is 1. The summed E-state index contributed by atoms with van der Waals surface area (Å²) in [6.07, 6.45) is 1.75. The molecule has 0 saturated carbocycles. The molecule has 2 aromatic carbocycles. The third-order valence-electron chi connectivity index (χ3n) is 4.23. The van der Waals surface area contributed by atoms with Crippen molar-refractivity contribution in [3.63, 3.8) is 0 Å². The fraction of sp³-hybridized carbons (Fsp3) is 0.158. The zero-order valence-corrected chi connectivity index (χ0v) is 15.7. The number of benzene rings is 2. The molecule has 0 unspecified atom stereocenters. The van der Waals surface area contributed by atoms with Gasteiger partial charge < -0.3 is 9.72 Å². The van der Waals surface area contributed by atoms with Crippen LogP contribution in [0.2, 0.25) is 0 Å². The molecule has 4 rings (SSSR count). The van der Waals surface area contributed by atoms with Gasteiger partial charge >= 0.3 is 0 Å². The molecule has 2 aromatic heterocycles. The summed E-state index contributed by atoms with van der Waals surface area (Å²) in [7, 11) is 1.60. The number of nitrogens with zero attached hydrogens (tertiary/aromatic N) is 4. The summed E-state index contributed by atoms with van der Waals surface area (Å²) in [6, 6.07) is 13.5. The standard InChI is InChI=1S/C19H17N5O2S/c1-12-7-8-18(26-2)16(9-12)24-19(21-22-23-24)27-11-17(25)14-10-20-15-6-4-3-5-13(14)15/h3-10,20H,11H2,1-2H3. The number of aromatic nitrogens is 5. The molecule has 1 N–H and O–H groups in total. The molecule has 0 amide bonds. The van der Waals surface area contributed by atoms with Crippen molar-refractivity contribution in [3.8, 4) is 11.4 Å². The van der Waals surface area contributed by atoms with Gasteiger partial charge in [-0.1, -0.05) is 36.0 Å². The Morgan fingerprint density at radius 1 is 1.26 bits per heavy atom. The summed E-state index contributed by atoms with van der Waals surface area (Å²) >= 11 is 1.30. The number of thioether (sulfide) groups is 1. The van der Waals surface area contributed by atoms with E-state index in [1.54, 1.807) is 18.0 Å². The van der Waals surface area contributed by atoms with Crippen molar-refractivity contribution in [2.45, 2.75) is 12.1 Å². The van der Waals surface area contributed by atoms with Gasteiger partial charge in [0.05, 0.1) is 12.9 Å². The molecule has 0 saturated heterocycles. The minimum atomic E-state index is 0.0169. The Hall–Kier alpha value is -3.13. The highest BCUT2D eigenvalue weighted by Crippen LogP contribution is 2.28. The monoisotopic (exact) mass is 379 g/mol. The lowest BCUT2D eigenvalue weighted by atomic mass is 10.1. The molecule has 0 aliphatic heterocycles. The first-order chi connectivity index (χ1) is 13.2. The predicted molar refractivity (Wildman–Crippen MR) is 104 cm³/mol. The van der Waals surface area contributed by atoms with Crippen molar-refractivity contribution < 1.29 is 9.53 Å². The molecule has 8 heteroatoms. The number of Topliss-reactive ketones (excluding diaryl/α,β-unsaturated/α-hetero) is 1. The van der Waals surface area contributed by atoms with E-state index in [0.29, 0.717) is 16.5 Å². The first kappa shape index (κ1) is 17.3. The summed E-state index contributed by atoms with van der Waals surface area (Å²) in [4.78, 5) is 15.8. The molecule has 4 aromatic rings. The lowest BCUT2D eigenvalue weighted by Gasteiger charge is -2.10. The van der Waals surface area contributed by atoms with Gasteiger partial charge in [0, 0.05) is 22.7 Å². The maximum absolute atomic E-state index is 12.7. The molecule has 0 radical (unpaired) electrons. The van der Waals surface area contributed by atoms with Crippen molar-refractivity contribution in [1.82, 2.24) is 25.2 Å². The Morgan fingerprint density at radius 2 is 2.11 bits per heavy atom. The number of carbonyl (C=O) groups excluding carboxylic acids is 1. The molecule has 27 heavy (non-hydrogen) atoms. The number of carbonyl (C=O) groups is 1. The Labute approximate surface area is 159 Å². The summed E-state index contributed by atoms with van der Waals surface area (Å²) in [5.41, 5.74) is 3.42. The average Bonchev–Trinajstić information content (AvgIpc) is 3.33. The fourth-order valence-corrected chi connectivity index (χ4v) is 3.66. The summed E-state index contributed by atoms with van der Waals surface area (Å²) in [5.74, 6) is 0.914. The summed E-state index contributed by atoms with van der Waals surface area (Å²) < 4.78 is 7.01. The highest BCUT2D eigenvalue weighted by molar-refractivity contribution is 7.99. The number of para-hydroxylation sites is 1. The van der Waals surface area contributed by atoms with Gasteiger partial charge in [0.15, 0.2) is 5.78 Å². The van der Waals surface area contributed by atoms with Crippen LogP contribution in [0.5, 0.6) is 5.75 Å². The number of methoxy groups -OCH3 is 1. The second-order valence-electron chi connectivity index (χ2n) is 6.01. The van der Waals surface area contributed by atoms with E-state index in [1.165, 1.54) is 11.8 Å². The van der Waals surface area contributed by atoms with E-state index in [1.807, 2.05) is 49.4 Å². The molecule has 0 aliphatic rings. The van der Waals surface area contributed by atoms with Gasteiger partial charge in [0.25, 0.3) is 0 Å². The van der Waals surface area contributed by atoms with Crippen molar-refractivity contribution in [2.75, 3.05) is 12.9 Å². The molecule has 0 fully saturated rings. The van der Waals surface area contributed by atoms with Crippen LogP contribution in [0, 0.1) is 6.92 Å². The van der Waals surface area contributed by atoms with Crippen molar-refractivity contribution in [1.29, 1.82) is 0 Å². The number of ketones is 1. The lowest BCUT2D eigenvalue weighted by Crippen LogP contribution is -2.06. The third-order valence-corrected chi connectivity index (χ3v) is 5.14. The number of aryl methyl sites for hydroxylation is 1. The van der Waals surface area contributed by atoms with Crippen LogP contribution in [0.1, 0.15) is 15.9 Å². The predicted octanol–water partition coefficient (Wildman–Crippen LogP) is 3.44. The van der Waals surface area contributed by atoms with Crippen LogP contribution in [0.3, 0.4) is 0 Å². The van der Waals surface area contributed by atoms with Gasteiger partial charge in [0.1, 0.15) is 11.4 Å². The normalized spacial score (nSPS) is 11.0. The Balaban J connectivity index is 1.58. The quantitative estimate of drug-likeness (QED) is 0.408. The Kier molecular flexibility index (Phi) is 4.64. The number of hydrogen-bond acceptors (Lipinski definition) is 6. The largest absolute Gasteiger partial charge is 0.494 e. The number of tetrazole rings is 1. The second kappa shape index (κ2) is 7.24. The van der Waals surface area contributed by atoms with Gasteiger partial charge in [-0.25, -0.2) is 0 Å². The SMILES string of the molecule is COc1ccc(C)cc1-n1nnnc1SCC(=O)c1c[nH]c2ccccc12. The molecule has 0 atom stereocenters. The van der Waals surface area contributed by atoms with Gasteiger partial charge in [-0.15, -0.1) is 5.10 Å². The van der Waals surface area contributed by atoms with Crippen molar-refractivity contribution >= 4 is 28.4 Å². The van der Waals surface area contributed by atoms with Crippen LogP contribution < -0.4 is 4.74 Å². The molecule has 136 valence electrons. The van der Waals surface area contributed by atoms with Crippen LogP contribution in [0.25, 0.3) is 16.6 Å². The minimum absolute atomic E-state index is 0.0169. The van der Waals surface area contributed by atoms with E-state index in [-0.39, 0.29) is 11.5 Å². The number of aromatic amines is 1. The highest BCUT2D eigenvalue weighted by Gasteiger charge is 2.17. The maximum atomic E-state index is 12.7. The number of ether oxygens (including phenoxy) is 1. The van der Waals surface area contributed by atoms with Gasteiger partial charge in [-0.2, -0.15) is 4.68 Å². The average molecular weight is 379 g/mol. The number of hydrogen-bond donors (Lipinski definition) is 1. The fourth-order valence-electron chi connectivity index (χ4n) is 2.90. The summed E-state index contributed by atoms with van der Waals surface area (Å²) in [6.45, 7) is 1.99. The van der Waals surface area contributed by atoms with Crippen LogP contribution >= 0.6 is 11.8 Å². The van der Waals surface area contributed by atoms with E-state index in [2.05, 4.69) is 20.5 Å². The van der Waals surface area contributed by atoms with Crippen LogP contribution in [0.4, 0.5) is 0 Å². The van der Waals surface area contributed by atoms with Crippen LogP contribution in [-0.2, 0) is 0 Å². The van der Waals surface area contributed by atoms with E-state index in [4.69, 9.17) is 4.74 Å². The highest BCUT2D eigenvalue weighted by atomic mass is 32.2. The van der Waals surface area contributed by atoms with E-state index < -0.39 is 0 Å². The van der Waals surface area contributed by atoms with Crippen LogP contribution in [0.15, 0.2) is 53.8 Å². The van der Waals surface area contributed by atoms with Crippen molar-refractivity contribution in [2.24, 2.45) is 0 Å². The van der Waals surface area contributed by atoms with E-state index in [0.717, 1.165) is 22.2 Å².